The van der Waals surface area contributed by atoms with E-state index in [-0.39, 0.29) is 12.2 Å². The number of anilines is 1. The molecule has 0 spiro atoms. The van der Waals surface area contributed by atoms with E-state index in [1.165, 1.54) is 0 Å². The van der Waals surface area contributed by atoms with Crippen molar-refractivity contribution < 1.29 is 14.3 Å². The molecule has 1 aliphatic rings. The smallest absolute Gasteiger partial charge is 0.354 e. The summed E-state index contributed by atoms with van der Waals surface area (Å²) in [5.74, 6) is -0.361. The molecule has 21 heavy (non-hydrogen) atoms. The van der Waals surface area contributed by atoms with Gasteiger partial charge >= 0.3 is 5.97 Å². The molecule has 0 saturated carbocycles. The fourth-order valence-electron chi connectivity index (χ4n) is 2.12. The van der Waals surface area contributed by atoms with Crippen LogP contribution in [0.15, 0.2) is 35.4 Å². The van der Waals surface area contributed by atoms with Crippen LogP contribution in [0.1, 0.15) is 33.1 Å². The molecule has 0 N–H and O–H groups in total. The highest BCUT2D eigenvalue weighted by molar-refractivity contribution is 6.37. The van der Waals surface area contributed by atoms with Gasteiger partial charge in [0.25, 0.3) is 0 Å². The van der Waals surface area contributed by atoms with E-state index in [1.54, 1.807) is 11.9 Å². The third-order valence-electron chi connectivity index (χ3n) is 3.21. The summed E-state index contributed by atoms with van der Waals surface area (Å²) in [5, 5.41) is 6.15. The van der Waals surface area contributed by atoms with Crippen molar-refractivity contribution in [3.63, 3.8) is 0 Å². The highest BCUT2D eigenvalue weighted by Crippen LogP contribution is 2.25. The molecule has 0 aliphatic carbocycles. The SMILES string of the molecule is CCCCO[C@@H]1CC(C(=O)OCC)=NN1c1ccccc1. The van der Waals surface area contributed by atoms with E-state index < -0.39 is 0 Å². The number of ether oxygens (including phenoxy) is 2. The second-order valence-electron chi connectivity index (χ2n) is 4.83. The lowest BCUT2D eigenvalue weighted by atomic mass is 10.2. The molecule has 2 rings (SSSR count). The minimum Gasteiger partial charge on any atom is -0.461 e. The van der Waals surface area contributed by atoms with Crippen molar-refractivity contribution in [2.24, 2.45) is 5.10 Å². The summed E-state index contributed by atoms with van der Waals surface area (Å²) in [4.78, 5) is 11.9. The molecular weight excluding hydrogens is 268 g/mol. The molecule has 1 aliphatic heterocycles. The number of carbonyl (C=O) groups excluding carboxylic acids is 1. The Morgan fingerprint density at radius 1 is 1.33 bits per heavy atom. The van der Waals surface area contributed by atoms with Crippen molar-refractivity contribution in [1.82, 2.24) is 0 Å². The minimum atomic E-state index is -0.361. The molecule has 0 amide bonds. The first-order valence-corrected chi connectivity index (χ1v) is 7.46. The van der Waals surface area contributed by atoms with Crippen molar-refractivity contribution >= 4 is 17.4 Å². The van der Waals surface area contributed by atoms with Gasteiger partial charge in [0.15, 0.2) is 11.9 Å². The average Bonchev–Trinajstić information content (AvgIpc) is 2.93. The van der Waals surface area contributed by atoms with Gasteiger partial charge in [-0.05, 0) is 25.5 Å². The molecule has 114 valence electrons. The summed E-state index contributed by atoms with van der Waals surface area (Å²) in [6.07, 6.45) is 2.29. The Bertz CT molecular complexity index is 488. The lowest BCUT2D eigenvalue weighted by Gasteiger charge is -2.23. The number of carbonyl (C=O) groups is 1. The van der Waals surface area contributed by atoms with Crippen LogP contribution in [0.2, 0.25) is 0 Å². The van der Waals surface area contributed by atoms with E-state index in [0.717, 1.165) is 18.5 Å². The van der Waals surface area contributed by atoms with E-state index in [2.05, 4.69) is 12.0 Å². The topological polar surface area (TPSA) is 51.1 Å². The van der Waals surface area contributed by atoms with Crippen LogP contribution in [0, 0.1) is 0 Å². The van der Waals surface area contributed by atoms with Gasteiger partial charge in [-0.1, -0.05) is 31.5 Å². The van der Waals surface area contributed by atoms with Gasteiger partial charge in [0, 0.05) is 13.0 Å². The molecule has 5 nitrogen and oxygen atoms in total. The number of rotatable bonds is 7. The third-order valence-corrected chi connectivity index (χ3v) is 3.21. The van der Waals surface area contributed by atoms with Crippen molar-refractivity contribution in [3.8, 4) is 0 Å². The average molecular weight is 290 g/mol. The molecule has 1 aromatic rings. The summed E-state index contributed by atoms with van der Waals surface area (Å²) >= 11 is 0. The Labute approximate surface area is 125 Å². The Hall–Kier alpha value is -1.88. The fraction of sp³-hybridized carbons (Fsp3) is 0.500. The van der Waals surface area contributed by atoms with E-state index in [9.17, 15) is 4.79 Å². The van der Waals surface area contributed by atoms with Gasteiger partial charge in [0.2, 0.25) is 0 Å². The zero-order valence-electron chi connectivity index (χ0n) is 12.6. The van der Waals surface area contributed by atoms with Crippen LogP contribution >= 0.6 is 0 Å². The largest absolute Gasteiger partial charge is 0.461 e. The van der Waals surface area contributed by atoms with Crippen LogP contribution in [-0.2, 0) is 14.3 Å². The van der Waals surface area contributed by atoms with Crippen molar-refractivity contribution in [3.05, 3.63) is 30.3 Å². The van der Waals surface area contributed by atoms with Crippen molar-refractivity contribution in [1.29, 1.82) is 0 Å². The maximum absolute atomic E-state index is 11.9. The molecule has 0 unspecified atom stereocenters. The van der Waals surface area contributed by atoms with Crippen LogP contribution in [-0.4, -0.2) is 31.1 Å². The number of hydrazone groups is 1. The van der Waals surface area contributed by atoms with E-state index in [1.807, 2.05) is 30.3 Å². The Morgan fingerprint density at radius 3 is 2.76 bits per heavy atom. The summed E-state index contributed by atoms with van der Waals surface area (Å²) in [7, 11) is 0. The van der Waals surface area contributed by atoms with Gasteiger partial charge in [0.05, 0.1) is 12.3 Å². The quantitative estimate of drug-likeness (QED) is 0.572. The summed E-state index contributed by atoms with van der Waals surface area (Å²) in [6.45, 7) is 4.92. The lowest BCUT2D eigenvalue weighted by molar-refractivity contribution is -0.135. The molecular formula is C16H22N2O3. The maximum Gasteiger partial charge on any atom is 0.354 e. The molecule has 0 aromatic heterocycles. The first-order valence-electron chi connectivity index (χ1n) is 7.46. The highest BCUT2D eigenvalue weighted by atomic mass is 16.5. The molecule has 1 heterocycles. The number of hydrogen-bond acceptors (Lipinski definition) is 5. The third kappa shape index (κ3) is 4.04. The standard InChI is InChI=1S/C16H22N2O3/c1-3-5-11-21-15-12-14(16(19)20-4-2)17-18(15)13-9-7-6-8-10-13/h6-10,15H,3-5,11-12H2,1-2H3/t15-/m1/s1. The first kappa shape index (κ1) is 15.5. The Morgan fingerprint density at radius 2 is 2.10 bits per heavy atom. The summed E-state index contributed by atoms with van der Waals surface area (Å²) in [5.41, 5.74) is 1.33. The molecule has 0 bridgehead atoms. The van der Waals surface area contributed by atoms with Crippen LogP contribution in [0.4, 0.5) is 5.69 Å². The monoisotopic (exact) mass is 290 g/mol. The zero-order chi connectivity index (χ0) is 15.1. The van der Waals surface area contributed by atoms with Gasteiger partial charge < -0.3 is 9.47 Å². The molecule has 0 fully saturated rings. The molecule has 0 saturated heterocycles. The van der Waals surface area contributed by atoms with Gasteiger partial charge in [-0.3, -0.25) is 0 Å². The van der Waals surface area contributed by atoms with E-state index >= 15 is 0 Å². The predicted molar refractivity (Wildman–Crippen MR) is 82.3 cm³/mol. The van der Waals surface area contributed by atoms with E-state index in [4.69, 9.17) is 9.47 Å². The van der Waals surface area contributed by atoms with Crippen LogP contribution in [0.25, 0.3) is 0 Å². The molecule has 1 atom stereocenters. The zero-order valence-corrected chi connectivity index (χ0v) is 12.6. The summed E-state index contributed by atoms with van der Waals surface area (Å²) in [6, 6.07) is 9.73. The second kappa shape index (κ2) is 7.78. The molecule has 0 radical (unpaired) electrons. The molecule has 5 heteroatoms. The van der Waals surface area contributed by atoms with Crippen LogP contribution in [0.5, 0.6) is 0 Å². The predicted octanol–water partition coefficient (Wildman–Crippen LogP) is 2.96. The van der Waals surface area contributed by atoms with Gasteiger partial charge in [-0.15, -0.1) is 0 Å². The number of benzene rings is 1. The van der Waals surface area contributed by atoms with E-state index in [0.29, 0.717) is 25.3 Å². The Balaban J connectivity index is 2.12. The number of para-hydroxylation sites is 1. The maximum atomic E-state index is 11.9. The highest BCUT2D eigenvalue weighted by Gasteiger charge is 2.32. The van der Waals surface area contributed by atoms with Crippen LogP contribution in [0.3, 0.4) is 0 Å². The van der Waals surface area contributed by atoms with Gasteiger partial charge in [-0.25, -0.2) is 9.80 Å². The molecule has 1 aromatic carbocycles. The second-order valence-corrected chi connectivity index (χ2v) is 4.83. The lowest BCUT2D eigenvalue weighted by Crippen LogP contribution is -2.29. The minimum absolute atomic E-state index is 0.238. The number of hydrogen-bond donors (Lipinski definition) is 0. The van der Waals surface area contributed by atoms with Gasteiger partial charge in [-0.2, -0.15) is 5.10 Å². The number of nitrogens with zero attached hydrogens (tertiary/aromatic N) is 2. The normalized spacial score (nSPS) is 17.7. The number of esters is 1. The first-order chi connectivity index (χ1) is 10.3. The Kier molecular flexibility index (Phi) is 5.75. The van der Waals surface area contributed by atoms with Crippen LogP contribution < -0.4 is 5.01 Å². The van der Waals surface area contributed by atoms with Crippen molar-refractivity contribution in [2.45, 2.75) is 39.3 Å². The number of unbranched alkanes of at least 4 members (excludes halogenated alkanes) is 1. The van der Waals surface area contributed by atoms with Gasteiger partial charge in [0.1, 0.15) is 0 Å². The fourth-order valence-corrected chi connectivity index (χ4v) is 2.12. The van der Waals surface area contributed by atoms with Crippen molar-refractivity contribution in [2.75, 3.05) is 18.2 Å². The summed E-state index contributed by atoms with van der Waals surface area (Å²) < 4.78 is 10.9.